The molecule has 0 aromatic carbocycles. The minimum Gasteiger partial charge on any atom is -0.451 e. The first-order valence-corrected chi connectivity index (χ1v) is 6.02. The van der Waals surface area contributed by atoms with Crippen molar-refractivity contribution in [2.75, 3.05) is 11.9 Å². The number of carbonyl (C=O) groups is 2. The number of pyridine rings is 2. The van der Waals surface area contributed by atoms with Crippen molar-refractivity contribution < 1.29 is 14.3 Å². The van der Waals surface area contributed by atoms with Gasteiger partial charge in [0.2, 0.25) is 0 Å². The van der Waals surface area contributed by atoms with Crippen LogP contribution in [0, 0.1) is 0 Å². The normalized spacial score (nSPS) is 9.85. The summed E-state index contributed by atoms with van der Waals surface area (Å²) in [7, 11) is 0. The SMILES string of the molecule is O=C(COC(=O)c1ccccn1)Nc1ccc(Cl)cn1. The molecular formula is C13H10ClN3O3. The second-order valence-electron chi connectivity index (χ2n) is 3.70. The lowest BCUT2D eigenvalue weighted by Crippen LogP contribution is -2.21. The minimum atomic E-state index is -0.662. The first kappa shape index (κ1) is 14.0. The van der Waals surface area contributed by atoms with Gasteiger partial charge >= 0.3 is 5.97 Å². The maximum absolute atomic E-state index is 11.6. The Kier molecular flexibility index (Phi) is 4.62. The van der Waals surface area contributed by atoms with Crippen molar-refractivity contribution in [3.8, 4) is 0 Å². The molecule has 2 aromatic rings. The zero-order chi connectivity index (χ0) is 14.4. The molecule has 0 saturated carbocycles. The molecule has 1 N–H and O–H groups in total. The highest BCUT2D eigenvalue weighted by molar-refractivity contribution is 6.30. The smallest absolute Gasteiger partial charge is 0.357 e. The number of anilines is 1. The molecule has 20 heavy (non-hydrogen) atoms. The van der Waals surface area contributed by atoms with Gasteiger partial charge in [0, 0.05) is 12.4 Å². The first-order chi connectivity index (χ1) is 9.65. The average Bonchev–Trinajstić information content (AvgIpc) is 2.48. The lowest BCUT2D eigenvalue weighted by atomic mass is 10.3. The summed E-state index contributed by atoms with van der Waals surface area (Å²) >= 11 is 5.67. The summed E-state index contributed by atoms with van der Waals surface area (Å²) in [5.74, 6) is -0.831. The summed E-state index contributed by atoms with van der Waals surface area (Å²) in [6.45, 7) is -0.417. The molecule has 2 rings (SSSR count). The van der Waals surface area contributed by atoms with E-state index in [2.05, 4.69) is 15.3 Å². The van der Waals surface area contributed by atoms with E-state index in [0.29, 0.717) is 10.8 Å². The molecule has 2 aromatic heterocycles. The Hall–Kier alpha value is -2.47. The molecule has 0 spiro atoms. The van der Waals surface area contributed by atoms with Crippen LogP contribution in [0.2, 0.25) is 5.02 Å². The largest absolute Gasteiger partial charge is 0.451 e. The number of halogens is 1. The Balaban J connectivity index is 1.83. The molecule has 6 nitrogen and oxygen atoms in total. The number of rotatable bonds is 4. The number of amides is 1. The molecule has 0 saturated heterocycles. The van der Waals surface area contributed by atoms with Gasteiger partial charge < -0.3 is 10.1 Å². The van der Waals surface area contributed by atoms with Gasteiger partial charge in [0.05, 0.1) is 5.02 Å². The van der Waals surface area contributed by atoms with Crippen LogP contribution in [-0.4, -0.2) is 28.5 Å². The molecule has 102 valence electrons. The monoisotopic (exact) mass is 291 g/mol. The number of nitrogens with one attached hydrogen (secondary N) is 1. The van der Waals surface area contributed by atoms with Crippen LogP contribution in [0.1, 0.15) is 10.5 Å². The lowest BCUT2D eigenvalue weighted by molar-refractivity contribution is -0.119. The zero-order valence-electron chi connectivity index (χ0n) is 10.2. The van der Waals surface area contributed by atoms with Crippen LogP contribution in [0.5, 0.6) is 0 Å². The molecule has 0 unspecified atom stereocenters. The van der Waals surface area contributed by atoms with Gasteiger partial charge in [0.25, 0.3) is 5.91 Å². The van der Waals surface area contributed by atoms with Crippen LogP contribution in [0.3, 0.4) is 0 Å². The summed E-state index contributed by atoms with van der Waals surface area (Å²) in [6, 6.07) is 7.96. The number of hydrogen-bond acceptors (Lipinski definition) is 5. The van der Waals surface area contributed by atoms with E-state index < -0.39 is 18.5 Å². The van der Waals surface area contributed by atoms with E-state index >= 15 is 0 Å². The number of carbonyl (C=O) groups excluding carboxylic acids is 2. The Bertz CT molecular complexity index is 602. The Morgan fingerprint density at radius 2 is 2.05 bits per heavy atom. The van der Waals surface area contributed by atoms with Gasteiger partial charge in [-0.2, -0.15) is 0 Å². The molecule has 0 fully saturated rings. The third-order valence-corrected chi connectivity index (χ3v) is 2.43. The summed E-state index contributed by atoms with van der Waals surface area (Å²) in [6.07, 6.45) is 2.87. The van der Waals surface area contributed by atoms with E-state index in [1.165, 1.54) is 18.5 Å². The van der Waals surface area contributed by atoms with Crippen molar-refractivity contribution in [3.63, 3.8) is 0 Å². The molecule has 0 atom stereocenters. The number of ether oxygens (including phenoxy) is 1. The molecule has 0 aliphatic carbocycles. The van der Waals surface area contributed by atoms with Crippen molar-refractivity contribution in [2.24, 2.45) is 0 Å². The van der Waals surface area contributed by atoms with E-state index in [-0.39, 0.29) is 5.69 Å². The summed E-state index contributed by atoms with van der Waals surface area (Å²) in [4.78, 5) is 30.8. The summed E-state index contributed by atoms with van der Waals surface area (Å²) in [5.41, 5.74) is 0.143. The van der Waals surface area contributed by atoms with Crippen molar-refractivity contribution in [3.05, 3.63) is 53.4 Å². The van der Waals surface area contributed by atoms with Gasteiger partial charge in [-0.05, 0) is 24.3 Å². The molecule has 0 bridgehead atoms. The van der Waals surface area contributed by atoms with E-state index in [9.17, 15) is 9.59 Å². The first-order valence-electron chi connectivity index (χ1n) is 5.65. The zero-order valence-corrected chi connectivity index (χ0v) is 11.0. The quantitative estimate of drug-likeness (QED) is 0.871. The van der Waals surface area contributed by atoms with Crippen LogP contribution in [-0.2, 0) is 9.53 Å². The Morgan fingerprint density at radius 3 is 2.70 bits per heavy atom. The van der Waals surface area contributed by atoms with E-state index in [1.807, 2.05) is 0 Å². The third kappa shape index (κ3) is 4.03. The molecule has 1 amide bonds. The highest BCUT2D eigenvalue weighted by atomic mass is 35.5. The van der Waals surface area contributed by atoms with Crippen molar-refractivity contribution in [2.45, 2.75) is 0 Å². The predicted octanol–water partition coefficient (Wildman–Crippen LogP) is 1.93. The van der Waals surface area contributed by atoms with E-state index in [1.54, 1.807) is 24.3 Å². The molecule has 0 aliphatic heterocycles. The van der Waals surface area contributed by atoms with Gasteiger partial charge in [-0.3, -0.25) is 4.79 Å². The van der Waals surface area contributed by atoms with Crippen LogP contribution in [0.25, 0.3) is 0 Å². The average molecular weight is 292 g/mol. The molecule has 2 heterocycles. The van der Waals surface area contributed by atoms with Gasteiger partial charge in [0.1, 0.15) is 11.5 Å². The Morgan fingerprint density at radius 1 is 1.20 bits per heavy atom. The van der Waals surface area contributed by atoms with E-state index in [4.69, 9.17) is 16.3 Å². The number of nitrogens with zero attached hydrogens (tertiary/aromatic N) is 2. The predicted molar refractivity (Wildman–Crippen MR) is 72.4 cm³/mol. The number of hydrogen-bond donors (Lipinski definition) is 1. The fourth-order valence-electron chi connectivity index (χ4n) is 1.32. The highest BCUT2D eigenvalue weighted by Crippen LogP contribution is 2.09. The Labute approximate surface area is 119 Å². The molecule has 7 heteroatoms. The summed E-state index contributed by atoms with van der Waals surface area (Å²) in [5, 5.41) is 2.93. The van der Waals surface area contributed by atoms with Gasteiger partial charge in [-0.25, -0.2) is 14.8 Å². The van der Waals surface area contributed by atoms with Crippen molar-refractivity contribution in [1.82, 2.24) is 9.97 Å². The second-order valence-corrected chi connectivity index (χ2v) is 4.14. The van der Waals surface area contributed by atoms with Crippen LogP contribution < -0.4 is 5.32 Å². The third-order valence-electron chi connectivity index (χ3n) is 2.20. The fraction of sp³-hybridized carbons (Fsp3) is 0.0769. The maximum Gasteiger partial charge on any atom is 0.357 e. The van der Waals surface area contributed by atoms with Gasteiger partial charge in [-0.1, -0.05) is 17.7 Å². The minimum absolute atomic E-state index is 0.143. The van der Waals surface area contributed by atoms with Crippen LogP contribution in [0.15, 0.2) is 42.7 Å². The maximum atomic E-state index is 11.6. The van der Waals surface area contributed by atoms with Crippen LogP contribution in [0.4, 0.5) is 5.82 Å². The molecule has 0 aliphatic rings. The van der Waals surface area contributed by atoms with Gasteiger partial charge in [0.15, 0.2) is 6.61 Å². The standard InChI is InChI=1S/C13H10ClN3O3/c14-9-4-5-11(16-7-9)17-12(18)8-20-13(19)10-3-1-2-6-15-10/h1-7H,8H2,(H,16,17,18). The number of aromatic nitrogens is 2. The van der Waals surface area contributed by atoms with E-state index in [0.717, 1.165) is 0 Å². The van der Waals surface area contributed by atoms with Crippen molar-refractivity contribution >= 4 is 29.3 Å². The van der Waals surface area contributed by atoms with Gasteiger partial charge in [-0.15, -0.1) is 0 Å². The molecule has 0 radical (unpaired) electrons. The topological polar surface area (TPSA) is 81.2 Å². The molecular weight excluding hydrogens is 282 g/mol. The lowest BCUT2D eigenvalue weighted by Gasteiger charge is -2.05. The highest BCUT2D eigenvalue weighted by Gasteiger charge is 2.11. The number of esters is 1. The fourth-order valence-corrected chi connectivity index (χ4v) is 1.43. The summed E-state index contributed by atoms with van der Waals surface area (Å²) < 4.78 is 4.82. The second kappa shape index (κ2) is 6.63. The van der Waals surface area contributed by atoms with Crippen LogP contribution >= 0.6 is 11.6 Å². The van der Waals surface area contributed by atoms with Crippen molar-refractivity contribution in [1.29, 1.82) is 0 Å².